The first kappa shape index (κ1) is 12.5. The maximum absolute atomic E-state index is 5.76. The van der Waals surface area contributed by atoms with Crippen LogP contribution >= 0.6 is 0 Å². The second-order valence-electron chi connectivity index (χ2n) is 4.01. The van der Waals surface area contributed by atoms with Crippen molar-refractivity contribution in [2.75, 3.05) is 6.61 Å². The maximum Gasteiger partial charge on any atom is 0.0599 e. The first-order valence-electron chi connectivity index (χ1n) is 5.61. The minimum Gasteiger partial charge on any atom is -0.382 e. The van der Waals surface area contributed by atoms with Crippen LogP contribution in [0.2, 0.25) is 0 Å². The highest BCUT2D eigenvalue weighted by Gasteiger charge is 2.13. The summed E-state index contributed by atoms with van der Waals surface area (Å²) in [6, 6.07) is 12.1. The number of ether oxygens (including phenoxy) is 1. The van der Waals surface area contributed by atoms with E-state index in [4.69, 9.17) is 4.74 Å². The Kier molecular flexibility index (Phi) is 5.65. The predicted molar refractivity (Wildman–Crippen MR) is 69.0 cm³/mol. The molecule has 0 aliphatic carbocycles. The van der Waals surface area contributed by atoms with Gasteiger partial charge >= 0.3 is 0 Å². The average Bonchev–Trinajstić information content (AvgIpc) is 2.29. The van der Waals surface area contributed by atoms with Gasteiger partial charge in [-0.2, -0.15) is 0 Å². The van der Waals surface area contributed by atoms with E-state index in [2.05, 4.69) is 30.3 Å². The molecule has 0 N–H and O–H groups in total. The average molecular weight is 222 g/mol. The standard InChI is InChI=1S/C12H18OSi.CH4/c1-2-6-11(7-3-1)10-14-12-8-4-5-9-13-12;/h1-3,6-7,12H,4-5,8-10,14H2;1H4. The van der Waals surface area contributed by atoms with Crippen molar-refractivity contribution < 1.29 is 4.74 Å². The Morgan fingerprint density at radius 1 is 1.20 bits per heavy atom. The van der Waals surface area contributed by atoms with Crippen molar-refractivity contribution >= 4 is 9.52 Å². The van der Waals surface area contributed by atoms with E-state index < -0.39 is 0 Å². The normalized spacial score (nSPS) is 21.5. The molecule has 1 aliphatic rings. The maximum atomic E-state index is 5.76. The van der Waals surface area contributed by atoms with E-state index in [1.165, 1.54) is 30.9 Å². The molecule has 0 spiro atoms. The molecule has 0 bridgehead atoms. The largest absolute Gasteiger partial charge is 0.382 e. The van der Waals surface area contributed by atoms with Crippen LogP contribution in [0.3, 0.4) is 0 Å². The molecule has 0 radical (unpaired) electrons. The highest BCUT2D eigenvalue weighted by atomic mass is 28.2. The second kappa shape index (κ2) is 6.80. The molecule has 1 unspecified atom stereocenters. The zero-order valence-electron chi connectivity index (χ0n) is 8.61. The Morgan fingerprint density at radius 3 is 2.67 bits per heavy atom. The van der Waals surface area contributed by atoms with Gasteiger partial charge < -0.3 is 4.74 Å². The molecule has 1 saturated heterocycles. The van der Waals surface area contributed by atoms with Gasteiger partial charge in [0.25, 0.3) is 0 Å². The SMILES string of the molecule is C.c1ccc(C[SiH2]C2CCCCO2)cc1. The minimum atomic E-state index is -0.0550. The molecule has 2 heteroatoms. The summed E-state index contributed by atoms with van der Waals surface area (Å²) in [5.74, 6) is 0. The van der Waals surface area contributed by atoms with Crippen LogP contribution in [-0.2, 0) is 10.8 Å². The van der Waals surface area contributed by atoms with Crippen molar-refractivity contribution in [1.82, 2.24) is 0 Å². The molecular formula is C13H22OSi. The van der Waals surface area contributed by atoms with Crippen LogP contribution in [0.5, 0.6) is 0 Å². The summed E-state index contributed by atoms with van der Waals surface area (Å²) in [6.07, 6.45) is 3.97. The van der Waals surface area contributed by atoms with Crippen LogP contribution in [-0.4, -0.2) is 21.9 Å². The van der Waals surface area contributed by atoms with Crippen molar-refractivity contribution in [3.05, 3.63) is 35.9 Å². The summed E-state index contributed by atoms with van der Waals surface area (Å²) in [4.78, 5) is 0. The van der Waals surface area contributed by atoms with E-state index in [9.17, 15) is 0 Å². The fourth-order valence-corrected chi connectivity index (χ4v) is 3.91. The Balaban J connectivity index is 0.00000112. The van der Waals surface area contributed by atoms with Crippen LogP contribution in [0, 0.1) is 0 Å². The molecular weight excluding hydrogens is 200 g/mol. The van der Waals surface area contributed by atoms with Crippen molar-refractivity contribution in [2.45, 2.75) is 38.5 Å². The van der Waals surface area contributed by atoms with E-state index >= 15 is 0 Å². The van der Waals surface area contributed by atoms with Gasteiger partial charge in [0.05, 0.1) is 9.52 Å². The fraction of sp³-hybridized carbons (Fsp3) is 0.538. The first-order chi connectivity index (χ1) is 6.95. The van der Waals surface area contributed by atoms with Crippen molar-refractivity contribution in [2.24, 2.45) is 0 Å². The molecule has 1 aromatic rings. The lowest BCUT2D eigenvalue weighted by atomic mass is 10.2. The molecule has 84 valence electrons. The second-order valence-corrected chi connectivity index (χ2v) is 6.00. The van der Waals surface area contributed by atoms with Gasteiger partial charge in [-0.05, 0) is 25.3 Å². The van der Waals surface area contributed by atoms with E-state index in [0.717, 1.165) is 6.61 Å². The molecule has 1 nitrogen and oxygen atoms in total. The summed E-state index contributed by atoms with van der Waals surface area (Å²) < 4.78 is 5.76. The van der Waals surface area contributed by atoms with E-state index in [1.54, 1.807) is 0 Å². The molecule has 0 amide bonds. The van der Waals surface area contributed by atoms with E-state index in [1.807, 2.05) is 0 Å². The van der Waals surface area contributed by atoms with Crippen LogP contribution in [0.1, 0.15) is 32.3 Å². The molecule has 15 heavy (non-hydrogen) atoms. The Bertz CT molecular complexity index is 254. The van der Waals surface area contributed by atoms with Gasteiger partial charge in [0.2, 0.25) is 0 Å². The van der Waals surface area contributed by atoms with Gasteiger partial charge in [-0.15, -0.1) is 0 Å². The van der Waals surface area contributed by atoms with Crippen LogP contribution in [0.4, 0.5) is 0 Å². The predicted octanol–water partition coefficient (Wildman–Crippen LogP) is 2.52. The third-order valence-electron chi connectivity index (χ3n) is 2.87. The van der Waals surface area contributed by atoms with E-state index in [-0.39, 0.29) is 16.9 Å². The van der Waals surface area contributed by atoms with Gasteiger partial charge in [-0.25, -0.2) is 0 Å². The van der Waals surface area contributed by atoms with Crippen molar-refractivity contribution in [3.63, 3.8) is 0 Å². The highest BCUT2D eigenvalue weighted by molar-refractivity contribution is 6.36. The third kappa shape index (κ3) is 4.18. The number of hydrogen-bond donors (Lipinski definition) is 0. The summed E-state index contributed by atoms with van der Waals surface area (Å²) in [5.41, 5.74) is 2.15. The molecule has 1 aromatic carbocycles. The molecule has 1 heterocycles. The Labute approximate surface area is 95.7 Å². The summed E-state index contributed by atoms with van der Waals surface area (Å²) >= 11 is 0. The lowest BCUT2D eigenvalue weighted by Crippen LogP contribution is -2.26. The first-order valence-corrected chi connectivity index (χ1v) is 7.42. The number of hydrogen-bond acceptors (Lipinski definition) is 1. The van der Waals surface area contributed by atoms with Gasteiger partial charge in [-0.3, -0.25) is 0 Å². The molecule has 0 aromatic heterocycles. The number of benzene rings is 1. The fourth-order valence-electron chi connectivity index (χ4n) is 2.01. The Morgan fingerprint density at radius 2 is 2.00 bits per heavy atom. The van der Waals surface area contributed by atoms with Crippen LogP contribution < -0.4 is 0 Å². The molecule has 1 atom stereocenters. The van der Waals surface area contributed by atoms with Crippen molar-refractivity contribution in [3.8, 4) is 0 Å². The number of rotatable bonds is 3. The lowest BCUT2D eigenvalue weighted by molar-refractivity contribution is 0.0649. The summed E-state index contributed by atoms with van der Waals surface area (Å²) in [6.45, 7) is 1.01. The Hall–Kier alpha value is -0.603. The van der Waals surface area contributed by atoms with Gasteiger partial charge in [-0.1, -0.05) is 43.3 Å². The smallest absolute Gasteiger partial charge is 0.0599 e. The quantitative estimate of drug-likeness (QED) is 0.714. The summed E-state index contributed by atoms with van der Waals surface area (Å²) in [7, 11) is -0.0550. The van der Waals surface area contributed by atoms with E-state index in [0.29, 0.717) is 5.73 Å². The van der Waals surface area contributed by atoms with Gasteiger partial charge in [0.1, 0.15) is 0 Å². The van der Waals surface area contributed by atoms with Crippen molar-refractivity contribution in [1.29, 1.82) is 0 Å². The zero-order valence-corrected chi connectivity index (χ0v) is 10.0. The monoisotopic (exact) mass is 222 g/mol. The minimum absolute atomic E-state index is 0. The topological polar surface area (TPSA) is 9.23 Å². The molecule has 1 aliphatic heterocycles. The van der Waals surface area contributed by atoms with Crippen LogP contribution in [0.25, 0.3) is 0 Å². The highest BCUT2D eigenvalue weighted by Crippen LogP contribution is 2.12. The molecule has 0 saturated carbocycles. The summed E-state index contributed by atoms with van der Waals surface area (Å²) in [5, 5.41) is 0. The van der Waals surface area contributed by atoms with Gasteiger partial charge in [0.15, 0.2) is 0 Å². The zero-order chi connectivity index (χ0) is 9.64. The van der Waals surface area contributed by atoms with Crippen LogP contribution in [0.15, 0.2) is 30.3 Å². The molecule has 2 rings (SSSR count). The third-order valence-corrected chi connectivity index (χ3v) is 5.03. The van der Waals surface area contributed by atoms with Gasteiger partial charge in [0, 0.05) is 12.3 Å². The molecule has 1 fully saturated rings. The lowest BCUT2D eigenvalue weighted by Gasteiger charge is -2.22.